The van der Waals surface area contributed by atoms with Crippen molar-refractivity contribution in [2.45, 2.75) is 20.4 Å². The van der Waals surface area contributed by atoms with E-state index in [1.54, 1.807) is 24.2 Å². The van der Waals surface area contributed by atoms with Crippen molar-refractivity contribution in [2.75, 3.05) is 13.6 Å². The summed E-state index contributed by atoms with van der Waals surface area (Å²) in [4.78, 5) is 16.2. The van der Waals surface area contributed by atoms with Gasteiger partial charge in [-0.2, -0.15) is 0 Å². The van der Waals surface area contributed by atoms with Gasteiger partial charge in [-0.1, -0.05) is 17.7 Å². The van der Waals surface area contributed by atoms with Gasteiger partial charge in [0, 0.05) is 33.3 Å². The van der Waals surface area contributed by atoms with Gasteiger partial charge >= 0.3 is 0 Å². The standard InChI is InChI=1S/C12H17ClN4O2/c1-4-16(3)12(9(2)17(18)19)15-8-10-5-6-11(13)14-7-10/h5-7,15H,4,8H2,1-3H3/b12-9+. The lowest BCUT2D eigenvalue weighted by Crippen LogP contribution is -2.31. The van der Waals surface area contributed by atoms with Crippen LogP contribution in [0.15, 0.2) is 29.8 Å². The molecule has 0 spiro atoms. The molecule has 0 amide bonds. The van der Waals surface area contributed by atoms with Crippen molar-refractivity contribution in [1.82, 2.24) is 15.2 Å². The predicted octanol–water partition coefficient (Wildman–Crippen LogP) is 2.24. The van der Waals surface area contributed by atoms with E-state index in [2.05, 4.69) is 10.3 Å². The molecule has 0 saturated heterocycles. The molecule has 7 heteroatoms. The van der Waals surface area contributed by atoms with Gasteiger partial charge in [-0.3, -0.25) is 10.1 Å². The van der Waals surface area contributed by atoms with Gasteiger partial charge in [0.05, 0.1) is 4.92 Å². The van der Waals surface area contributed by atoms with Crippen LogP contribution in [0.5, 0.6) is 0 Å². The van der Waals surface area contributed by atoms with Gasteiger partial charge in [0.25, 0.3) is 5.70 Å². The van der Waals surface area contributed by atoms with E-state index in [-0.39, 0.29) is 5.70 Å². The summed E-state index contributed by atoms with van der Waals surface area (Å²) < 4.78 is 0. The van der Waals surface area contributed by atoms with E-state index in [4.69, 9.17) is 11.6 Å². The summed E-state index contributed by atoms with van der Waals surface area (Å²) in [5, 5.41) is 14.4. The second kappa shape index (κ2) is 6.94. The van der Waals surface area contributed by atoms with E-state index in [0.29, 0.717) is 24.1 Å². The summed E-state index contributed by atoms with van der Waals surface area (Å²) in [7, 11) is 1.80. The van der Waals surface area contributed by atoms with E-state index in [9.17, 15) is 10.1 Å². The summed E-state index contributed by atoms with van der Waals surface area (Å²) in [6.45, 7) is 4.54. The van der Waals surface area contributed by atoms with Crippen molar-refractivity contribution in [3.63, 3.8) is 0 Å². The highest BCUT2D eigenvalue weighted by Gasteiger charge is 2.15. The molecule has 0 aliphatic rings. The van der Waals surface area contributed by atoms with Crippen LogP contribution in [0.3, 0.4) is 0 Å². The fourth-order valence-electron chi connectivity index (χ4n) is 1.48. The van der Waals surface area contributed by atoms with Crippen LogP contribution >= 0.6 is 11.6 Å². The predicted molar refractivity (Wildman–Crippen MR) is 74.1 cm³/mol. The molecular weight excluding hydrogens is 268 g/mol. The molecule has 1 heterocycles. The lowest BCUT2D eigenvalue weighted by molar-refractivity contribution is -0.427. The van der Waals surface area contributed by atoms with Gasteiger partial charge in [0.2, 0.25) is 0 Å². The molecule has 0 fully saturated rings. The highest BCUT2D eigenvalue weighted by molar-refractivity contribution is 6.29. The number of rotatable bonds is 6. The molecule has 1 aromatic rings. The Bertz CT molecular complexity index is 473. The molecule has 0 aliphatic carbocycles. The second-order valence-corrected chi connectivity index (χ2v) is 4.44. The first-order valence-electron chi connectivity index (χ1n) is 5.86. The Hall–Kier alpha value is -1.82. The smallest absolute Gasteiger partial charge is 0.282 e. The summed E-state index contributed by atoms with van der Waals surface area (Å²) in [6.07, 6.45) is 1.64. The third kappa shape index (κ3) is 4.40. The first kappa shape index (κ1) is 15.2. The van der Waals surface area contributed by atoms with Gasteiger partial charge in [0.15, 0.2) is 5.82 Å². The van der Waals surface area contributed by atoms with Gasteiger partial charge < -0.3 is 10.2 Å². The molecule has 0 bridgehead atoms. The van der Waals surface area contributed by atoms with Crippen LogP contribution in [0.4, 0.5) is 0 Å². The molecule has 6 nitrogen and oxygen atoms in total. The van der Waals surface area contributed by atoms with Gasteiger partial charge in [-0.25, -0.2) is 4.98 Å². The third-order valence-electron chi connectivity index (χ3n) is 2.72. The number of hydrogen-bond acceptors (Lipinski definition) is 5. The number of nitro groups is 1. The zero-order valence-electron chi connectivity index (χ0n) is 11.2. The number of halogens is 1. The van der Waals surface area contributed by atoms with Gasteiger partial charge in [-0.15, -0.1) is 0 Å². The number of pyridine rings is 1. The molecule has 1 rings (SSSR count). The van der Waals surface area contributed by atoms with Crippen molar-refractivity contribution < 1.29 is 4.92 Å². The summed E-state index contributed by atoms with van der Waals surface area (Å²) >= 11 is 5.70. The van der Waals surface area contributed by atoms with E-state index < -0.39 is 4.92 Å². The molecular formula is C12H17ClN4O2. The summed E-state index contributed by atoms with van der Waals surface area (Å²) in [5.74, 6) is 0.502. The summed E-state index contributed by atoms with van der Waals surface area (Å²) in [6, 6.07) is 3.51. The minimum atomic E-state index is -0.394. The lowest BCUT2D eigenvalue weighted by atomic mass is 10.3. The monoisotopic (exact) mass is 284 g/mol. The van der Waals surface area contributed by atoms with Crippen LogP contribution in [0.25, 0.3) is 0 Å². The average Bonchev–Trinajstić information content (AvgIpc) is 2.40. The Morgan fingerprint density at radius 1 is 1.58 bits per heavy atom. The fourth-order valence-corrected chi connectivity index (χ4v) is 1.59. The first-order chi connectivity index (χ1) is 8.95. The Balaban J connectivity index is 2.82. The first-order valence-corrected chi connectivity index (χ1v) is 6.24. The normalized spacial score (nSPS) is 11.8. The number of nitrogens with one attached hydrogen (secondary N) is 1. The maximum atomic E-state index is 10.9. The molecule has 19 heavy (non-hydrogen) atoms. The van der Waals surface area contributed by atoms with Crippen LogP contribution < -0.4 is 5.32 Å². The van der Waals surface area contributed by atoms with E-state index in [1.165, 1.54) is 6.92 Å². The minimum Gasteiger partial charge on any atom is -0.362 e. The van der Waals surface area contributed by atoms with Crippen molar-refractivity contribution in [3.8, 4) is 0 Å². The largest absolute Gasteiger partial charge is 0.362 e. The Morgan fingerprint density at radius 2 is 2.26 bits per heavy atom. The van der Waals surface area contributed by atoms with E-state index >= 15 is 0 Å². The molecule has 0 aromatic carbocycles. The van der Waals surface area contributed by atoms with Crippen LogP contribution in [0.2, 0.25) is 5.15 Å². The van der Waals surface area contributed by atoms with Crippen LogP contribution in [0.1, 0.15) is 19.4 Å². The SMILES string of the molecule is CCN(C)/C(NCc1ccc(Cl)nc1)=C(\C)[N+](=O)[O-]. The maximum absolute atomic E-state index is 10.9. The van der Waals surface area contributed by atoms with Crippen molar-refractivity contribution in [2.24, 2.45) is 0 Å². The topological polar surface area (TPSA) is 71.3 Å². The number of aromatic nitrogens is 1. The third-order valence-corrected chi connectivity index (χ3v) is 2.94. The number of hydrogen-bond donors (Lipinski definition) is 1. The van der Waals surface area contributed by atoms with E-state index in [1.807, 2.05) is 13.0 Å². The highest BCUT2D eigenvalue weighted by atomic mass is 35.5. The van der Waals surface area contributed by atoms with Crippen LogP contribution in [0, 0.1) is 10.1 Å². The zero-order chi connectivity index (χ0) is 14.4. The molecule has 0 unspecified atom stereocenters. The fraction of sp³-hybridized carbons (Fsp3) is 0.417. The molecule has 104 valence electrons. The molecule has 0 radical (unpaired) electrons. The summed E-state index contributed by atoms with van der Waals surface area (Å²) in [5.41, 5.74) is 0.994. The average molecular weight is 285 g/mol. The highest BCUT2D eigenvalue weighted by Crippen LogP contribution is 2.09. The number of nitrogens with zero attached hydrogens (tertiary/aromatic N) is 3. The molecule has 0 saturated carbocycles. The molecule has 1 aromatic heterocycles. The van der Waals surface area contributed by atoms with Crippen molar-refractivity contribution in [3.05, 3.63) is 50.7 Å². The van der Waals surface area contributed by atoms with Gasteiger partial charge in [-0.05, 0) is 18.6 Å². The molecule has 1 N–H and O–H groups in total. The van der Waals surface area contributed by atoms with Crippen molar-refractivity contribution in [1.29, 1.82) is 0 Å². The lowest BCUT2D eigenvalue weighted by Gasteiger charge is -2.21. The Labute approximate surface area is 117 Å². The quantitative estimate of drug-likeness (QED) is 0.493. The van der Waals surface area contributed by atoms with E-state index in [0.717, 1.165) is 5.56 Å². The Kier molecular flexibility index (Phi) is 5.57. The second-order valence-electron chi connectivity index (χ2n) is 4.05. The Morgan fingerprint density at radius 3 is 2.74 bits per heavy atom. The molecule has 0 aliphatic heterocycles. The van der Waals surface area contributed by atoms with Gasteiger partial charge in [0.1, 0.15) is 5.15 Å². The van der Waals surface area contributed by atoms with Crippen LogP contribution in [-0.2, 0) is 6.54 Å². The maximum Gasteiger partial charge on any atom is 0.282 e. The van der Waals surface area contributed by atoms with Crippen LogP contribution in [-0.4, -0.2) is 28.4 Å². The number of allylic oxidation sites excluding steroid dienone is 1. The minimum absolute atomic E-state index is 0.0891. The zero-order valence-corrected chi connectivity index (χ0v) is 11.9. The van der Waals surface area contributed by atoms with Crippen molar-refractivity contribution >= 4 is 11.6 Å². The molecule has 0 atom stereocenters.